The predicted molar refractivity (Wildman–Crippen MR) is 86.3 cm³/mol. The fourth-order valence-electron chi connectivity index (χ4n) is 1.72. The van der Waals surface area contributed by atoms with Crippen molar-refractivity contribution < 1.29 is 9.53 Å². The zero-order valence-corrected chi connectivity index (χ0v) is 13.2. The minimum atomic E-state index is -0.749. The lowest BCUT2D eigenvalue weighted by Crippen LogP contribution is -2.30. The monoisotopic (exact) mass is 334 g/mol. The van der Waals surface area contributed by atoms with Crippen molar-refractivity contribution in [3.8, 4) is 11.8 Å². The van der Waals surface area contributed by atoms with Crippen LogP contribution in [0.2, 0.25) is 10.0 Å². The molecule has 2 aromatic carbocycles. The van der Waals surface area contributed by atoms with Crippen LogP contribution in [0.15, 0.2) is 42.5 Å². The van der Waals surface area contributed by atoms with Gasteiger partial charge >= 0.3 is 0 Å². The quantitative estimate of drug-likeness (QED) is 0.907. The van der Waals surface area contributed by atoms with Crippen molar-refractivity contribution in [3.05, 3.63) is 58.1 Å². The SMILES string of the molecule is C[C@@H](Oc1cccc(C#N)c1)C(=O)Nc1ccc(Cl)cc1Cl. The second kappa shape index (κ2) is 7.17. The van der Waals surface area contributed by atoms with Crippen LogP contribution < -0.4 is 10.1 Å². The molecular weight excluding hydrogens is 323 g/mol. The van der Waals surface area contributed by atoms with E-state index in [1.54, 1.807) is 49.4 Å². The number of benzene rings is 2. The molecule has 0 saturated carbocycles. The molecule has 0 heterocycles. The molecule has 1 atom stereocenters. The Balaban J connectivity index is 2.04. The van der Waals surface area contributed by atoms with E-state index in [2.05, 4.69) is 5.32 Å². The van der Waals surface area contributed by atoms with Gasteiger partial charge in [0.05, 0.1) is 22.3 Å². The third-order valence-corrected chi connectivity index (χ3v) is 3.38. The summed E-state index contributed by atoms with van der Waals surface area (Å²) < 4.78 is 5.52. The van der Waals surface area contributed by atoms with Crippen LogP contribution in [0.25, 0.3) is 0 Å². The van der Waals surface area contributed by atoms with Crippen molar-refractivity contribution in [1.29, 1.82) is 5.26 Å². The summed E-state index contributed by atoms with van der Waals surface area (Å²) in [7, 11) is 0. The maximum Gasteiger partial charge on any atom is 0.265 e. The first kappa shape index (κ1) is 16.2. The number of amides is 1. The number of hydrogen-bond donors (Lipinski definition) is 1. The van der Waals surface area contributed by atoms with Gasteiger partial charge < -0.3 is 10.1 Å². The fraction of sp³-hybridized carbons (Fsp3) is 0.125. The highest BCUT2D eigenvalue weighted by Gasteiger charge is 2.16. The summed E-state index contributed by atoms with van der Waals surface area (Å²) in [6, 6.07) is 13.4. The Morgan fingerprint density at radius 3 is 2.73 bits per heavy atom. The summed E-state index contributed by atoms with van der Waals surface area (Å²) in [6.45, 7) is 1.61. The third-order valence-electron chi connectivity index (χ3n) is 2.83. The molecule has 0 aliphatic carbocycles. The Hall–Kier alpha value is -2.22. The lowest BCUT2D eigenvalue weighted by atomic mass is 10.2. The van der Waals surface area contributed by atoms with Crippen LogP contribution in [-0.2, 0) is 4.79 Å². The number of nitrogens with zero attached hydrogens (tertiary/aromatic N) is 1. The van der Waals surface area contributed by atoms with E-state index in [-0.39, 0.29) is 5.91 Å². The maximum absolute atomic E-state index is 12.1. The van der Waals surface area contributed by atoms with Gasteiger partial charge in [0.2, 0.25) is 0 Å². The summed E-state index contributed by atoms with van der Waals surface area (Å²) in [5.74, 6) is 0.0930. The van der Waals surface area contributed by atoms with Crippen LogP contribution in [0, 0.1) is 11.3 Å². The number of ether oxygens (including phenoxy) is 1. The molecular formula is C16H12Cl2N2O2. The molecule has 1 N–H and O–H groups in total. The van der Waals surface area contributed by atoms with Gasteiger partial charge in [-0.15, -0.1) is 0 Å². The molecule has 0 unspecified atom stereocenters. The molecule has 22 heavy (non-hydrogen) atoms. The molecule has 0 aromatic heterocycles. The highest BCUT2D eigenvalue weighted by atomic mass is 35.5. The van der Waals surface area contributed by atoms with Gasteiger partial charge in [-0.3, -0.25) is 4.79 Å². The van der Waals surface area contributed by atoms with Crippen LogP contribution in [0.1, 0.15) is 12.5 Å². The average molecular weight is 335 g/mol. The number of anilines is 1. The van der Waals surface area contributed by atoms with Crippen molar-refractivity contribution in [2.75, 3.05) is 5.32 Å². The van der Waals surface area contributed by atoms with E-state index in [9.17, 15) is 4.79 Å². The van der Waals surface area contributed by atoms with E-state index < -0.39 is 6.10 Å². The first-order valence-corrected chi connectivity index (χ1v) is 7.18. The molecule has 2 rings (SSSR count). The first-order chi connectivity index (χ1) is 10.5. The number of carbonyl (C=O) groups is 1. The molecule has 0 spiro atoms. The van der Waals surface area contributed by atoms with Crippen molar-refractivity contribution in [2.45, 2.75) is 13.0 Å². The average Bonchev–Trinajstić information content (AvgIpc) is 2.50. The van der Waals surface area contributed by atoms with Gasteiger partial charge in [0, 0.05) is 5.02 Å². The highest BCUT2D eigenvalue weighted by molar-refractivity contribution is 6.36. The van der Waals surface area contributed by atoms with Crippen molar-refractivity contribution >= 4 is 34.8 Å². The minimum Gasteiger partial charge on any atom is -0.481 e. The lowest BCUT2D eigenvalue weighted by molar-refractivity contribution is -0.122. The smallest absolute Gasteiger partial charge is 0.265 e. The zero-order chi connectivity index (χ0) is 16.1. The van der Waals surface area contributed by atoms with Gasteiger partial charge in [0.25, 0.3) is 5.91 Å². The topological polar surface area (TPSA) is 62.1 Å². The number of halogens is 2. The van der Waals surface area contributed by atoms with Gasteiger partial charge in [0.15, 0.2) is 6.10 Å². The summed E-state index contributed by atoms with van der Waals surface area (Å²) in [5, 5.41) is 12.3. The standard InChI is InChI=1S/C16H12Cl2N2O2/c1-10(22-13-4-2-3-11(7-13)9-19)16(21)20-15-6-5-12(17)8-14(15)18/h2-8,10H,1H3,(H,20,21)/t10-/m1/s1. The molecule has 0 bridgehead atoms. The predicted octanol–water partition coefficient (Wildman–Crippen LogP) is 4.27. The van der Waals surface area contributed by atoms with Gasteiger partial charge in [-0.1, -0.05) is 29.3 Å². The largest absolute Gasteiger partial charge is 0.481 e. The van der Waals surface area contributed by atoms with Crippen LogP contribution in [0.5, 0.6) is 5.75 Å². The molecule has 4 nitrogen and oxygen atoms in total. The van der Waals surface area contributed by atoms with E-state index in [1.165, 1.54) is 0 Å². The summed E-state index contributed by atoms with van der Waals surface area (Å²) in [4.78, 5) is 12.1. The van der Waals surface area contributed by atoms with E-state index in [0.717, 1.165) is 0 Å². The number of rotatable bonds is 4. The van der Waals surface area contributed by atoms with Crippen molar-refractivity contribution in [2.24, 2.45) is 0 Å². The Kier molecular flexibility index (Phi) is 5.26. The van der Waals surface area contributed by atoms with Gasteiger partial charge in [-0.05, 0) is 43.3 Å². The fourth-order valence-corrected chi connectivity index (χ4v) is 2.18. The molecule has 2 aromatic rings. The molecule has 0 aliphatic heterocycles. The normalized spacial score (nSPS) is 11.4. The zero-order valence-electron chi connectivity index (χ0n) is 11.6. The van der Waals surface area contributed by atoms with Crippen LogP contribution in [0.3, 0.4) is 0 Å². The number of hydrogen-bond acceptors (Lipinski definition) is 3. The van der Waals surface area contributed by atoms with Gasteiger partial charge in [0.1, 0.15) is 5.75 Å². The summed E-state index contributed by atoms with van der Waals surface area (Å²) in [5.41, 5.74) is 0.920. The molecule has 1 amide bonds. The highest BCUT2D eigenvalue weighted by Crippen LogP contribution is 2.25. The summed E-state index contributed by atoms with van der Waals surface area (Å²) >= 11 is 11.8. The van der Waals surface area contributed by atoms with Crippen molar-refractivity contribution in [3.63, 3.8) is 0 Å². The Morgan fingerprint density at radius 2 is 2.05 bits per heavy atom. The molecule has 6 heteroatoms. The Labute approximate surface area is 138 Å². The van der Waals surface area contributed by atoms with Crippen molar-refractivity contribution in [1.82, 2.24) is 0 Å². The van der Waals surface area contributed by atoms with Gasteiger partial charge in [-0.2, -0.15) is 5.26 Å². The van der Waals surface area contributed by atoms with E-state index in [1.807, 2.05) is 6.07 Å². The molecule has 0 aliphatic rings. The second-order valence-corrected chi connectivity index (χ2v) is 5.36. The Bertz CT molecular complexity index is 741. The molecule has 0 fully saturated rings. The van der Waals surface area contributed by atoms with E-state index in [0.29, 0.717) is 27.0 Å². The van der Waals surface area contributed by atoms with Gasteiger partial charge in [-0.25, -0.2) is 0 Å². The number of nitriles is 1. The minimum absolute atomic E-state index is 0.347. The first-order valence-electron chi connectivity index (χ1n) is 6.42. The third kappa shape index (κ3) is 4.14. The number of carbonyl (C=O) groups excluding carboxylic acids is 1. The molecule has 0 saturated heterocycles. The molecule has 0 radical (unpaired) electrons. The van der Waals surface area contributed by atoms with E-state index >= 15 is 0 Å². The lowest BCUT2D eigenvalue weighted by Gasteiger charge is -2.15. The van der Waals surface area contributed by atoms with E-state index in [4.69, 9.17) is 33.2 Å². The Morgan fingerprint density at radius 1 is 1.27 bits per heavy atom. The molecule has 112 valence electrons. The van der Waals surface area contributed by atoms with Crippen LogP contribution in [0.4, 0.5) is 5.69 Å². The maximum atomic E-state index is 12.1. The van der Waals surface area contributed by atoms with Crippen LogP contribution in [-0.4, -0.2) is 12.0 Å². The number of nitrogens with one attached hydrogen (secondary N) is 1. The van der Waals surface area contributed by atoms with Crippen LogP contribution >= 0.6 is 23.2 Å². The summed E-state index contributed by atoms with van der Waals surface area (Å²) in [6.07, 6.45) is -0.749. The second-order valence-electron chi connectivity index (χ2n) is 4.51.